The van der Waals surface area contributed by atoms with Gasteiger partial charge in [0.1, 0.15) is 5.75 Å². The molecule has 1 aromatic carbocycles. The largest absolute Gasteiger partial charge is 0.483 e. The molecule has 0 aliphatic heterocycles. The van der Waals surface area contributed by atoms with Gasteiger partial charge in [0.05, 0.1) is 12.5 Å². The molecule has 2 rings (SSSR count). The van der Waals surface area contributed by atoms with Gasteiger partial charge < -0.3 is 9.64 Å². The average molecular weight is 323 g/mol. The molecule has 0 fully saturated rings. The summed E-state index contributed by atoms with van der Waals surface area (Å²) in [7, 11) is 0. The van der Waals surface area contributed by atoms with E-state index in [0.29, 0.717) is 13.1 Å². The smallest absolute Gasteiger partial charge is 0.260 e. The Kier molecular flexibility index (Phi) is 6.78. The number of hydrogen-bond acceptors (Lipinski definition) is 4. The molecule has 0 atom stereocenters. The monoisotopic (exact) mass is 323 g/mol. The van der Waals surface area contributed by atoms with E-state index in [1.807, 2.05) is 43.3 Å². The van der Waals surface area contributed by atoms with Crippen molar-refractivity contribution < 1.29 is 9.53 Å². The van der Waals surface area contributed by atoms with E-state index in [4.69, 9.17) is 10.00 Å². The lowest BCUT2D eigenvalue weighted by atomic mass is 10.1. The highest BCUT2D eigenvalue weighted by molar-refractivity contribution is 5.77. The van der Waals surface area contributed by atoms with Gasteiger partial charge in [-0.25, -0.2) is 0 Å². The summed E-state index contributed by atoms with van der Waals surface area (Å²) < 4.78 is 5.70. The molecule has 1 aromatic heterocycles. The molecule has 0 saturated carbocycles. The first-order valence-corrected chi connectivity index (χ1v) is 7.99. The van der Waals surface area contributed by atoms with Gasteiger partial charge in [0.25, 0.3) is 5.91 Å². The van der Waals surface area contributed by atoms with Gasteiger partial charge in [-0.1, -0.05) is 31.2 Å². The molecule has 5 nitrogen and oxygen atoms in total. The molecule has 1 heterocycles. The number of pyridine rings is 1. The van der Waals surface area contributed by atoms with Crippen molar-refractivity contribution in [1.29, 1.82) is 5.26 Å². The maximum Gasteiger partial charge on any atom is 0.260 e. The van der Waals surface area contributed by atoms with Gasteiger partial charge in [-0.15, -0.1) is 0 Å². The second-order valence-corrected chi connectivity index (χ2v) is 5.33. The lowest BCUT2D eigenvalue weighted by Gasteiger charge is -2.22. The fraction of sp³-hybridized carbons (Fsp3) is 0.316. The summed E-state index contributed by atoms with van der Waals surface area (Å²) in [4.78, 5) is 18.2. The Bertz CT molecular complexity index is 695. The predicted molar refractivity (Wildman–Crippen MR) is 91.2 cm³/mol. The molecule has 124 valence electrons. The van der Waals surface area contributed by atoms with Crippen LogP contribution in [-0.4, -0.2) is 28.9 Å². The third-order valence-corrected chi connectivity index (χ3v) is 3.65. The second-order valence-electron chi connectivity index (χ2n) is 5.33. The second kappa shape index (κ2) is 9.31. The fourth-order valence-corrected chi connectivity index (χ4v) is 2.36. The van der Waals surface area contributed by atoms with Crippen LogP contribution in [0, 0.1) is 11.3 Å². The molecule has 0 bridgehead atoms. The Morgan fingerprint density at radius 3 is 2.83 bits per heavy atom. The van der Waals surface area contributed by atoms with Crippen LogP contribution in [-0.2, 0) is 17.8 Å². The number of nitriles is 1. The van der Waals surface area contributed by atoms with Crippen LogP contribution in [0.3, 0.4) is 0 Å². The molecule has 0 radical (unpaired) electrons. The number of amides is 1. The third kappa shape index (κ3) is 5.10. The molecule has 0 aliphatic carbocycles. The van der Waals surface area contributed by atoms with Crippen molar-refractivity contribution in [1.82, 2.24) is 9.88 Å². The Morgan fingerprint density at radius 1 is 1.29 bits per heavy atom. The number of carbonyl (C=O) groups excluding carboxylic acids is 1. The summed E-state index contributed by atoms with van der Waals surface area (Å²) in [5.41, 5.74) is 2.00. The Balaban J connectivity index is 2.00. The molecule has 0 spiro atoms. The molecular weight excluding hydrogens is 302 g/mol. The van der Waals surface area contributed by atoms with Crippen molar-refractivity contribution in [3.63, 3.8) is 0 Å². The first-order valence-electron chi connectivity index (χ1n) is 7.99. The minimum Gasteiger partial charge on any atom is -0.483 e. The zero-order valence-electron chi connectivity index (χ0n) is 13.8. The van der Waals surface area contributed by atoms with Crippen molar-refractivity contribution in [3.8, 4) is 11.8 Å². The summed E-state index contributed by atoms with van der Waals surface area (Å²) in [6.07, 6.45) is 4.55. The van der Waals surface area contributed by atoms with Gasteiger partial charge in [0.15, 0.2) is 6.61 Å². The third-order valence-electron chi connectivity index (χ3n) is 3.65. The summed E-state index contributed by atoms with van der Waals surface area (Å²) in [5, 5.41) is 8.81. The van der Waals surface area contributed by atoms with Crippen LogP contribution in [0.4, 0.5) is 0 Å². The maximum atomic E-state index is 12.5. The Hall–Kier alpha value is -2.87. The van der Waals surface area contributed by atoms with Crippen LogP contribution < -0.4 is 4.74 Å². The molecule has 1 amide bonds. The number of aryl methyl sites for hydroxylation is 1. The van der Waals surface area contributed by atoms with Gasteiger partial charge >= 0.3 is 0 Å². The molecule has 24 heavy (non-hydrogen) atoms. The fourth-order valence-electron chi connectivity index (χ4n) is 2.36. The van der Waals surface area contributed by atoms with Crippen molar-refractivity contribution in [2.45, 2.75) is 26.3 Å². The summed E-state index contributed by atoms with van der Waals surface area (Å²) in [5.74, 6) is 0.593. The van der Waals surface area contributed by atoms with E-state index >= 15 is 0 Å². The van der Waals surface area contributed by atoms with Gasteiger partial charge in [0, 0.05) is 25.5 Å². The van der Waals surface area contributed by atoms with E-state index < -0.39 is 0 Å². The number of ether oxygens (including phenoxy) is 1. The van der Waals surface area contributed by atoms with E-state index in [1.165, 1.54) is 0 Å². The number of nitrogens with zero attached hydrogens (tertiary/aromatic N) is 3. The van der Waals surface area contributed by atoms with Crippen molar-refractivity contribution in [3.05, 3.63) is 59.9 Å². The van der Waals surface area contributed by atoms with E-state index in [0.717, 1.165) is 23.3 Å². The van der Waals surface area contributed by atoms with Crippen molar-refractivity contribution >= 4 is 5.91 Å². The molecule has 5 heteroatoms. The van der Waals surface area contributed by atoms with Gasteiger partial charge in [-0.2, -0.15) is 5.26 Å². The zero-order chi connectivity index (χ0) is 17.2. The number of rotatable bonds is 8. The number of para-hydroxylation sites is 1. The van der Waals surface area contributed by atoms with E-state index in [2.05, 4.69) is 11.1 Å². The Morgan fingerprint density at radius 2 is 2.12 bits per heavy atom. The van der Waals surface area contributed by atoms with Crippen LogP contribution in [0.25, 0.3) is 0 Å². The molecule has 0 N–H and O–H groups in total. The van der Waals surface area contributed by atoms with Gasteiger partial charge in [-0.3, -0.25) is 9.78 Å². The standard InChI is InChI=1S/C19H21N3O2/c1-2-17-8-3-4-9-18(17)24-15-19(23)22(12-6-10-20)14-16-7-5-11-21-13-16/h3-5,7-9,11,13H,2,6,12,14-15H2,1H3. The normalized spacial score (nSPS) is 10.0. The van der Waals surface area contributed by atoms with Crippen molar-refractivity contribution in [2.75, 3.05) is 13.2 Å². The average Bonchev–Trinajstić information content (AvgIpc) is 2.64. The SMILES string of the molecule is CCc1ccccc1OCC(=O)N(CCC#N)Cc1cccnc1. The minimum absolute atomic E-state index is 0.0390. The predicted octanol–water partition coefficient (Wildman–Crippen LogP) is 2.97. The molecule has 2 aromatic rings. The van der Waals surface area contributed by atoms with Crippen LogP contribution in [0.2, 0.25) is 0 Å². The highest BCUT2D eigenvalue weighted by Gasteiger charge is 2.15. The van der Waals surface area contributed by atoms with E-state index in [9.17, 15) is 4.79 Å². The maximum absolute atomic E-state index is 12.5. The van der Waals surface area contributed by atoms with Crippen LogP contribution in [0.1, 0.15) is 24.5 Å². The minimum atomic E-state index is -0.139. The highest BCUT2D eigenvalue weighted by Crippen LogP contribution is 2.18. The summed E-state index contributed by atoms with van der Waals surface area (Å²) in [6.45, 7) is 2.81. The number of hydrogen-bond donors (Lipinski definition) is 0. The highest BCUT2D eigenvalue weighted by atomic mass is 16.5. The van der Waals surface area contributed by atoms with Crippen molar-refractivity contribution in [2.24, 2.45) is 0 Å². The number of aromatic nitrogens is 1. The molecule has 0 aliphatic rings. The first-order chi connectivity index (χ1) is 11.7. The number of carbonyl (C=O) groups is 1. The first kappa shape index (κ1) is 17.5. The van der Waals surface area contributed by atoms with Crippen LogP contribution in [0.5, 0.6) is 5.75 Å². The quantitative estimate of drug-likeness (QED) is 0.749. The molecular formula is C19H21N3O2. The van der Waals surface area contributed by atoms with E-state index in [-0.39, 0.29) is 18.9 Å². The lowest BCUT2D eigenvalue weighted by molar-refractivity contribution is -0.133. The summed E-state index contributed by atoms with van der Waals surface area (Å²) in [6, 6.07) is 13.5. The van der Waals surface area contributed by atoms with E-state index in [1.54, 1.807) is 17.3 Å². The van der Waals surface area contributed by atoms with Gasteiger partial charge in [-0.05, 0) is 29.7 Å². The zero-order valence-corrected chi connectivity index (χ0v) is 13.8. The van der Waals surface area contributed by atoms with Gasteiger partial charge in [0.2, 0.25) is 0 Å². The topological polar surface area (TPSA) is 66.2 Å². The lowest BCUT2D eigenvalue weighted by Crippen LogP contribution is -2.35. The molecule has 0 unspecified atom stereocenters. The van der Waals surface area contributed by atoms with Crippen LogP contribution >= 0.6 is 0 Å². The number of benzene rings is 1. The molecule has 0 saturated heterocycles. The summed E-state index contributed by atoms with van der Waals surface area (Å²) >= 11 is 0. The Labute approximate surface area is 142 Å². The van der Waals surface area contributed by atoms with Crippen LogP contribution in [0.15, 0.2) is 48.8 Å².